The van der Waals surface area contributed by atoms with E-state index in [4.69, 9.17) is 17.0 Å². The van der Waals surface area contributed by atoms with Crippen molar-refractivity contribution in [3.8, 4) is 0 Å². The number of hydrogen-bond acceptors (Lipinski definition) is 3. The smallest absolute Gasteiger partial charge is 0.251 e. The number of rotatable bonds is 6. The Labute approximate surface area is 136 Å². The van der Waals surface area contributed by atoms with E-state index >= 15 is 0 Å². The Morgan fingerprint density at radius 1 is 1.36 bits per heavy atom. The summed E-state index contributed by atoms with van der Waals surface area (Å²) in [5, 5.41) is 9.44. The van der Waals surface area contributed by atoms with E-state index in [-0.39, 0.29) is 12.0 Å². The minimum Gasteiger partial charge on any atom is -0.376 e. The molecule has 1 aromatic rings. The molecule has 0 aromatic heterocycles. The topological polar surface area (TPSA) is 62.4 Å². The van der Waals surface area contributed by atoms with Crippen molar-refractivity contribution in [3.05, 3.63) is 42.5 Å². The number of benzene rings is 1. The van der Waals surface area contributed by atoms with Gasteiger partial charge in [-0.25, -0.2) is 0 Å². The lowest BCUT2D eigenvalue weighted by Crippen LogP contribution is -2.31. The molecule has 0 aliphatic carbocycles. The fourth-order valence-corrected chi connectivity index (χ4v) is 2.36. The molecule has 1 heterocycles. The number of amides is 1. The monoisotopic (exact) mass is 319 g/mol. The molecule has 5 nitrogen and oxygen atoms in total. The van der Waals surface area contributed by atoms with Crippen molar-refractivity contribution in [1.29, 1.82) is 0 Å². The lowest BCUT2D eigenvalue weighted by Gasteiger charge is -2.12. The van der Waals surface area contributed by atoms with Crippen LogP contribution in [0.2, 0.25) is 0 Å². The summed E-state index contributed by atoms with van der Waals surface area (Å²) in [7, 11) is 0. The van der Waals surface area contributed by atoms with Crippen molar-refractivity contribution in [2.45, 2.75) is 18.9 Å². The summed E-state index contributed by atoms with van der Waals surface area (Å²) in [5.41, 5.74) is 1.45. The largest absolute Gasteiger partial charge is 0.376 e. The van der Waals surface area contributed by atoms with Crippen molar-refractivity contribution in [2.75, 3.05) is 25.0 Å². The van der Waals surface area contributed by atoms with Gasteiger partial charge >= 0.3 is 0 Å². The highest BCUT2D eigenvalue weighted by molar-refractivity contribution is 7.80. The molecule has 1 saturated heterocycles. The van der Waals surface area contributed by atoms with Gasteiger partial charge in [-0.15, -0.1) is 6.58 Å². The van der Waals surface area contributed by atoms with Crippen molar-refractivity contribution in [3.63, 3.8) is 0 Å². The van der Waals surface area contributed by atoms with Crippen LogP contribution in [0.3, 0.4) is 0 Å². The summed E-state index contributed by atoms with van der Waals surface area (Å²) >= 11 is 5.13. The molecule has 6 heteroatoms. The van der Waals surface area contributed by atoms with E-state index in [1.807, 2.05) is 12.1 Å². The molecule has 1 atom stereocenters. The van der Waals surface area contributed by atoms with Gasteiger partial charge in [0.2, 0.25) is 0 Å². The molecule has 1 aliphatic rings. The van der Waals surface area contributed by atoms with Crippen LogP contribution in [0.4, 0.5) is 5.69 Å². The van der Waals surface area contributed by atoms with Gasteiger partial charge in [0.05, 0.1) is 6.10 Å². The molecular weight excluding hydrogens is 298 g/mol. The van der Waals surface area contributed by atoms with E-state index in [1.165, 1.54) is 0 Å². The Hall–Kier alpha value is -1.92. The fraction of sp³-hybridized carbons (Fsp3) is 0.375. The first-order valence-corrected chi connectivity index (χ1v) is 7.75. The maximum atomic E-state index is 12.0. The molecule has 0 radical (unpaired) electrons. The van der Waals surface area contributed by atoms with Gasteiger partial charge < -0.3 is 20.7 Å². The predicted molar refractivity (Wildman–Crippen MR) is 92.2 cm³/mol. The summed E-state index contributed by atoms with van der Waals surface area (Å²) in [5.74, 6) is -0.0885. The molecule has 3 N–H and O–H groups in total. The fourth-order valence-electron chi connectivity index (χ4n) is 2.16. The van der Waals surface area contributed by atoms with Gasteiger partial charge in [0, 0.05) is 30.9 Å². The van der Waals surface area contributed by atoms with Crippen molar-refractivity contribution >= 4 is 28.9 Å². The first-order valence-electron chi connectivity index (χ1n) is 7.34. The van der Waals surface area contributed by atoms with E-state index in [0.717, 1.165) is 25.1 Å². The van der Waals surface area contributed by atoms with E-state index in [0.29, 0.717) is 23.8 Å². The minimum atomic E-state index is -0.0885. The number of hydrogen-bond donors (Lipinski definition) is 3. The third kappa shape index (κ3) is 5.13. The van der Waals surface area contributed by atoms with Crippen LogP contribution in [-0.2, 0) is 4.74 Å². The van der Waals surface area contributed by atoms with Crippen molar-refractivity contribution < 1.29 is 9.53 Å². The lowest BCUT2D eigenvalue weighted by atomic mass is 10.2. The Bertz CT molecular complexity index is 525. The average molecular weight is 319 g/mol. The Kier molecular flexibility index (Phi) is 6.36. The van der Waals surface area contributed by atoms with Crippen LogP contribution >= 0.6 is 12.2 Å². The van der Waals surface area contributed by atoms with Gasteiger partial charge in [0.25, 0.3) is 5.91 Å². The lowest BCUT2D eigenvalue weighted by molar-refractivity contribution is 0.0858. The number of thiocarbonyl (C=S) groups is 1. The van der Waals surface area contributed by atoms with E-state index in [2.05, 4.69) is 22.5 Å². The summed E-state index contributed by atoms with van der Waals surface area (Å²) in [4.78, 5) is 12.0. The average Bonchev–Trinajstić information content (AvgIpc) is 3.05. The third-order valence-corrected chi connectivity index (χ3v) is 3.57. The second-order valence-corrected chi connectivity index (χ2v) is 5.45. The normalized spacial score (nSPS) is 16.8. The first-order chi connectivity index (χ1) is 10.7. The molecule has 0 bridgehead atoms. The quantitative estimate of drug-likeness (QED) is 0.553. The molecule has 1 amide bonds. The highest BCUT2D eigenvalue weighted by atomic mass is 32.1. The van der Waals surface area contributed by atoms with Crippen LogP contribution in [0.25, 0.3) is 0 Å². The third-order valence-electron chi connectivity index (χ3n) is 3.33. The van der Waals surface area contributed by atoms with Crippen LogP contribution in [-0.4, -0.2) is 36.8 Å². The zero-order chi connectivity index (χ0) is 15.8. The Balaban J connectivity index is 1.81. The molecule has 0 spiro atoms. The Morgan fingerprint density at radius 2 is 2.14 bits per heavy atom. The van der Waals surface area contributed by atoms with E-state index < -0.39 is 0 Å². The zero-order valence-electron chi connectivity index (χ0n) is 12.4. The number of ether oxygens (including phenoxy) is 1. The first kappa shape index (κ1) is 16.5. The number of anilines is 1. The summed E-state index contributed by atoms with van der Waals surface area (Å²) in [6, 6.07) is 7.18. The maximum absolute atomic E-state index is 12.0. The molecular formula is C16H21N3O2S. The second kappa shape index (κ2) is 8.51. The Morgan fingerprint density at radius 3 is 2.77 bits per heavy atom. The van der Waals surface area contributed by atoms with Gasteiger partial charge in [-0.05, 0) is 49.3 Å². The summed E-state index contributed by atoms with van der Waals surface area (Å²) in [6.07, 6.45) is 3.97. The number of carbonyl (C=O) groups excluding carboxylic acids is 1. The van der Waals surface area contributed by atoms with Crippen molar-refractivity contribution in [2.24, 2.45) is 0 Å². The standard InChI is InChI=1S/C16H21N3O2S/c1-2-9-17-16(22)19-13-7-5-12(6-8-13)15(20)18-11-14-4-3-10-21-14/h2,5-8,14H,1,3-4,9-11H2,(H,18,20)(H2,17,19,22). The van der Waals surface area contributed by atoms with Crippen LogP contribution in [0.5, 0.6) is 0 Å². The van der Waals surface area contributed by atoms with Crippen molar-refractivity contribution in [1.82, 2.24) is 10.6 Å². The number of carbonyl (C=O) groups is 1. The molecule has 0 saturated carbocycles. The van der Waals surface area contributed by atoms with E-state index in [9.17, 15) is 4.79 Å². The summed E-state index contributed by atoms with van der Waals surface area (Å²) in [6.45, 7) is 5.58. The molecule has 1 unspecified atom stereocenters. The molecule has 1 aromatic carbocycles. The highest BCUT2D eigenvalue weighted by Crippen LogP contribution is 2.12. The van der Waals surface area contributed by atoms with Gasteiger partial charge in [-0.2, -0.15) is 0 Å². The minimum absolute atomic E-state index is 0.0885. The van der Waals surface area contributed by atoms with E-state index in [1.54, 1.807) is 18.2 Å². The van der Waals surface area contributed by atoms with Crippen LogP contribution < -0.4 is 16.0 Å². The summed E-state index contributed by atoms with van der Waals surface area (Å²) < 4.78 is 5.48. The highest BCUT2D eigenvalue weighted by Gasteiger charge is 2.16. The molecule has 1 aliphatic heterocycles. The van der Waals surface area contributed by atoms with Crippen LogP contribution in [0, 0.1) is 0 Å². The second-order valence-electron chi connectivity index (χ2n) is 5.05. The predicted octanol–water partition coefficient (Wildman–Crippen LogP) is 2.07. The number of nitrogens with one attached hydrogen (secondary N) is 3. The molecule has 118 valence electrons. The van der Waals surface area contributed by atoms with Gasteiger partial charge in [-0.1, -0.05) is 6.08 Å². The molecule has 2 rings (SSSR count). The van der Waals surface area contributed by atoms with Crippen LogP contribution in [0.15, 0.2) is 36.9 Å². The molecule has 22 heavy (non-hydrogen) atoms. The SMILES string of the molecule is C=CCNC(=S)Nc1ccc(C(=O)NCC2CCCO2)cc1. The van der Waals surface area contributed by atoms with Crippen LogP contribution in [0.1, 0.15) is 23.2 Å². The molecule has 1 fully saturated rings. The zero-order valence-corrected chi connectivity index (χ0v) is 13.2. The van der Waals surface area contributed by atoms with Gasteiger partial charge in [0.1, 0.15) is 0 Å². The maximum Gasteiger partial charge on any atom is 0.251 e. The van der Waals surface area contributed by atoms with Gasteiger partial charge in [-0.3, -0.25) is 4.79 Å². The van der Waals surface area contributed by atoms with Gasteiger partial charge in [0.15, 0.2) is 5.11 Å².